The fourth-order valence-corrected chi connectivity index (χ4v) is 9.85. The summed E-state index contributed by atoms with van der Waals surface area (Å²) in [5.41, 5.74) is 17.2. The molecule has 2 heteroatoms. The third kappa shape index (κ3) is 5.87. The van der Waals surface area contributed by atoms with Crippen LogP contribution in [0.4, 0.5) is 17.1 Å². The number of thiophene rings is 1. The van der Waals surface area contributed by atoms with Gasteiger partial charge in [0.1, 0.15) is 0 Å². The van der Waals surface area contributed by atoms with Gasteiger partial charge in [-0.05, 0) is 121 Å². The van der Waals surface area contributed by atoms with E-state index < -0.39 is 0 Å². The first-order valence-corrected chi connectivity index (χ1v) is 19.8. The highest BCUT2D eigenvalue weighted by molar-refractivity contribution is 7.22. The lowest BCUT2D eigenvalue weighted by molar-refractivity contribution is 0.667. The normalized spacial score (nSPS) is 12.7. The summed E-state index contributed by atoms with van der Waals surface area (Å²) in [5.74, 6) is 0. The molecule has 0 atom stereocenters. The van der Waals surface area contributed by atoms with Crippen molar-refractivity contribution in [2.75, 3.05) is 4.90 Å². The molecule has 8 aromatic carbocycles. The molecule has 9 aromatic rings. The zero-order valence-corrected chi connectivity index (χ0v) is 31.7. The predicted octanol–water partition coefficient (Wildman–Crippen LogP) is 15.3. The van der Waals surface area contributed by atoms with Crippen LogP contribution in [0.3, 0.4) is 0 Å². The molecule has 1 aliphatic rings. The molecule has 1 heterocycles. The van der Waals surface area contributed by atoms with Gasteiger partial charge in [-0.15, -0.1) is 11.3 Å². The van der Waals surface area contributed by atoms with Crippen LogP contribution < -0.4 is 4.90 Å². The van der Waals surface area contributed by atoms with E-state index in [0.29, 0.717) is 0 Å². The predicted molar refractivity (Wildman–Crippen MR) is 236 cm³/mol. The van der Waals surface area contributed by atoms with Crippen molar-refractivity contribution in [2.24, 2.45) is 0 Å². The first-order valence-electron chi connectivity index (χ1n) is 19.0. The van der Waals surface area contributed by atoms with Gasteiger partial charge in [0.05, 0.1) is 0 Å². The second-order valence-corrected chi connectivity index (χ2v) is 16.0. The maximum atomic E-state index is 2.44. The molecule has 1 aromatic heterocycles. The van der Waals surface area contributed by atoms with E-state index in [2.05, 4.69) is 219 Å². The van der Waals surface area contributed by atoms with E-state index in [0.717, 1.165) is 17.1 Å². The van der Waals surface area contributed by atoms with Crippen LogP contribution in [-0.4, -0.2) is 0 Å². The number of fused-ring (bicyclic) bond motifs is 5. The highest BCUT2D eigenvalue weighted by Crippen LogP contribution is 2.56. The van der Waals surface area contributed by atoms with Crippen molar-refractivity contribution < 1.29 is 0 Å². The first-order chi connectivity index (χ1) is 27.0. The molecule has 1 nitrogen and oxygen atoms in total. The SMILES string of the molecule is CC1(C)c2cc(-c3cccc(-c4cccc(N(c5ccc(-c6ccccc6)cc5)c5ccc(-c6ccccc6)cc5)c4)c3)ccc2-c2sc3ccccc3c21. The van der Waals surface area contributed by atoms with Gasteiger partial charge >= 0.3 is 0 Å². The van der Waals surface area contributed by atoms with Gasteiger partial charge in [-0.3, -0.25) is 0 Å². The fraction of sp³-hybridized carbons (Fsp3) is 0.0566. The highest BCUT2D eigenvalue weighted by atomic mass is 32.1. The molecular formula is C53H39NS. The maximum Gasteiger partial charge on any atom is 0.0467 e. The summed E-state index contributed by atoms with van der Waals surface area (Å²) < 4.78 is 1.37. The highest BCUT2D eigenvalue weighted by Gasteiger charge is 2.38. The summed E-state index contributed by atoms with van der Waals surface area (Å²) >= 11 is 1.93. The largest absolute Gasteiger partial charge is 0.310 e. The number of hydrogen-bond donors (Lipinski definition) is 0. The van der Waals surface area contributed by atoms with Crippen LogP contribution in [0, 0.1) is 0 Å². The Bertz CT molecular complexity index is 2730. The molecule has 0 aliphatic heterocycles. The summed E-state index contributed by atoms with van der Waals surface area (Å²) in [4.78, 5) is 3.79. The van der Waals surface area contributed by atoms with Crippen LogP contribution in [0.5, 0.6) is 0 Å². The lowest BCUT2D eigenvalue weighted by Gasteiger charge is -2.26. The minimum atomic E-state index is -0.0612. The average Bonchev–Trinajstić information content (AvgIpc) is 3.75. The molecule has 0 radical (unpaired) electrons. The van der Waals surface area contributed by atoms with Crippen LogP contribution in [0.1, 0.15) is 25.0 Å². The number of hydrogen-bond acceptors (Lipinski definition) is 2. The average molecular weight is 722 g/mol. The number of benzene rings is 8. The lowest BCUT2D eigenvalue weighted by Crippen LogP contribution is -2.15. The van der Waals surface area contributed by atoms with Gasteiger partial charge in [0, 0.05) is 32.1 Å². The maximum absolute atomic E-state index is 2.44. The smallest absolute Gasteiger partial charge is 0.0467 e. The molecule has 0 N–H and O–H groups in total. The van der Waals surface area contributed by atoms with Gasteiger partial charge in [-0.2, -0.15) is 0 Å². The van der Waals surface area contributed by atoms with E-state index in [1.807, 2.05) is 11.3 Å². The van der Waals surface area contributed by atoms with Crippen molar-refractivity contribution in [1.29, 1.82) is 0 Å². The Balaban J connectivity index is 1.02. The molecule has 1 aliphatic carbocycles. The van der Waals surface area contributed by atoms with Gasteiger partial charge in [0.2, 0.25) is 0 Å². The Morgan fingerprint density at radius 2 is 0.855 bits per heavy atom. The van der Waals surface area contributed by atoms with Crippen LogP contribution in [-0.2, 0) is 5.41 Å². The lowest BCUT2D eigenvalue weighted by atomic mass is 9.80. The fourth-order valence-electron chi connectivity index (χ4n) is 8.45. The quantitative estimate of drug-likeness (QED) is 0.158. The third-order valence-corrected chi connectivity index (χ3v) is 12.5. The summed E-state index contributed by atoms with van der Waals surface area (Å²) in [6.45, 7) is 4.78. The van der Waals surface area contributed by atoms with Gasteiger partial charge in [0.15, 0.2) is 0 Å². The second kappa shape index (κ2) is 13.4. The molecule has 0 unspecified atom stereocenters. The number of rotatable bonds is 7. The van der Waals surface area contributed by atoms with Gasteiger partial charge in [-0.25, -0.2) is 0 Å². The van der Waals surface area contributed by atoms with Crippen molar-refractivity contribution in [3.8, 4) is 54.9 Å². The Morgan fingerprint density at radius 3 is 1.47 bits per heavy atom. The topological polar surface area (TPSA) is 3.24 Å². The Labute approximate surface area is 327 Å². The van der Waals surface area contributed by atoms with E-state index in [4.69, 9.17) is 0 Å². The van der Waals surface area contributed by atoms with Crippen LogP contribution >= 0.6 is 11.3 Å². The summed E-state index contributed by atoms with van der Waals surface area (Å²) in [6.07, 6.45) is 0. The van der Waals surface area contributed by atoms with Crippen LogP contribution in [0.25, 0.3) is 65.0 Å². The monoisotopic (exact) mass is 721 g/mol. The number of anilines is 3. The number of nitrogens with zero attached hydrogens (tertiary/aromatic N) is 1. The van der Waals surface area contributed by atoms with Crippen molar-refractivity contribution in [3.05, 3.63) is 211 Å². The first kappa shape index (κ1) is 33.1. The molecule has 0 spiro atoms. The molecule has 0 saturated carbocycles. The van der Waals surface area contributed by atoms with Crippen molar-refractivity contribution in [3.63, 3.8) is 0 Å². The van der Waals surface area contributed by atoms with Gasteiger partial charge in [0.25, 0.3) is 0 Å². The van der Waals surface area contributed by atoms with Gasteiger partial charge < -0.3 is 4.90 Å². The summed E-state index contributed by atoms with van der Waals surface area (Å²) in [6, 6.07) is 72.9. The van der Waals surface area contributed by atoms with Crippen LogP contribution in [0.2, 0.25) is 0 Å². The molecule has 0 amide bonds. The van der Waals surface area contributed by atoms with E-state index in [1.54, 1.807) is 0 Å². The van der Waals surface area contributed by atoms with Crippen molar-refractivity contribution in [1.82, 2.24) is 0 Å². The molecule has 0 bridgehead atoms. The van der Waals surface area contributed by atoms with E-state index in [1.165, 1.54) is 76.2 Å². The summed E-state index contributed by atoms with van der Waals surface area (Å²) in [5, 5.41) is 1.39. The molecule has 0 saturated heterocycles. The molecule has 0 fully saturated rings. The molecule has 262 valence electrons. The standard InChI is InChI=1S/C53H39NS/c1-53(2)49-35-43(27-32-47(49)52-51(53)48-21-9-10-22-50(48)55-52)41-18-11-17-40(33-41)42-19-12-20-46(34-42)54(44-28-23-38(24-29-44)36-13-5-3-6-14-36)45-30-25-39(26-31-45)37-15-7-4-8-16-37/h3-35H,1-2H3. The van der Waals surface area contributed by atoms with E-state index >= 15 is 0 Å². The zero-order valence-electron chi connectivity index (χ0n) is 30.9. The van der Waals surface area contributed by atoms with Crippen molar-refractivity contribution in [2.45, 2.75) is 19.3 Å². The minimum Gasteiger partial charge on any atom is -0.310 e. The van der Waals surface area contributed by atoms with Crippen LogP contribution in [0.15, 0.2) is 200 Å². The minimum absolute atomic E-state index is 0.0612. The van der Waals surface area contributed by atoms with E-state index in [9.17, 15) is 0 Å². The molecule has 10 rings (SSSR count). The third-order valence-electron chi connectivity index (χ3n) is 11.3. The second-order valence-electron chi connectivity index (χ2n) is 15.0. The van der Waals surface area contributed by atoms with Gasteiger partial charge in [-0.1, -0.05) is 159 Å². The zero-order chi connectivity index (χ0) is 36.9. The molecule has 55 heavy (non-hydrogen) atoms. The Hall–Kier alpha value is -6.48. The molecular weight excluding hydrogens is 683 g/mol. The van der Waals surface area contributed by atoms with Crippen molar-refractivity contribution >= 4 is 38.5 Å². The Kier molecular flexibility index (Phi) is 8.08. The Morgan fingerprint density at radius 1 is 0.382 bits per heavy atom. The van der Waals surface area contributed by atoms with E-state index in [-0.39, 0.29) is 5.41 Å². The summed E-state index contributed by atoms with van der Waals surface area (Å²) in [7, 11) is 0.